The molecule has 1 aromatic heterocycles. The van der Waals surface area contributed by atoms with E-state index in [0.717, 1.165) is 31.0 Å². The summed E-state index contributed by atoms with van der Waals surface area (Å²) in [6.45, 7) is 2.93. The van der Waals surface area contributed by atoms with Crippen molar-refractivity contribution in [2.24, 2.45) is 0 Å². The van der Waals surface area contributed by atoms with Crippen LogP contribution in [0.5, 0.6) is 0 Å². The van der Waals surface area contributed by atoms with E-state index in [1.54, 1.807) is 18.5 Å². The first kappa shape index (κ1) is 13.7. The largest absolute Gasteiger partial charge is 0.384 e. The molecule has 0 aliphatic carbocycles. The molecule has 0 saturated heterocycles. The fourth-order valence-corrected chi connectivity index (χ4v) is 2.41. The third-order valence-electron chi connectivity index (χ3n) is 3.46. The molecule has 0 spiro atoms. The molecule has 108 valence electrons. The van der Waals surface area contributed by atoms with Crippen molar-refractivity contribution in [1.82, 2.24) is 19.7 Å². The van der Waals surface area contributed by atoms with Gasteiger partial charge in [-0.05, 0) is 17.7 Å². The Bertz CT molecular complexity index is 701. The topological polar surface area (TPSA) is 54.2 Å². The van der Waals surface area contributed by atoms with Crippen molar-refractivity contribution in [3.8, 4) is 11.8 Å². The first-order chi connectivity index (χ1) is 10.3. The second-order valence-electron chi connectivity index (χ2n) is 4.93. The number of halogens is 1. The van der Waals surface area contributed by atoms with E-state index in [9.17, 15) is 4.39 Å². The lowest BCUT2D eigenvalue weighted by molar-refractivity contribution is 0.208. The Kier molecular flexibility index (Phi) is 3.95. The third-order valence-corrected chi connectivity index (χ3v) is 3.46. The van der Waals surface area contributed by atoms with Crippen molar-refractivity contribution in [2.45, 2.75) is 19.6 Å². The van der Waals surface area contributed by atoms with Crippen LogP contribution >= 0.6 is 0 Å². The van der Waals surface area contributed by atoms with E-state index in [4.69, 9.17) is 5.11 Å². The Morgan fingerprint density at radius 2 is 2.24 bits per heavy atom. The summed E-state index contributed by atoms with van der Waals surface area (Å²) < 4.78 is 15.6. The van der Waals surface area contributed by atoms with E-state index >= 15 is 0 Å². The Morgan fingerprint density at radius 1 is 1.33 bits per heavy atom. The minimum Gasteiger partial charge on any atom is -0.384 e. The molecule has 0 bridgehead atoms. The number of fused-ring (bicyclic) bond motifs is 1. The predicted molar refractivity (Wildman–Crippen MR) is 74.5 cm³/mol. The van der Waals surface area contributed by atoms with Crippen molar-refractivity contribution in [1.29, 1.82) is 0 Å². The first-order valence-electron chi connectivity index (χ1n) is 6.73. The van der Waals surface area contributed by atoms with Crippen LogP contribution in [-0.4, -0.2) is 37.9 Å². The summed E-state index contributed by atoms with van der Waals surface area (Å²) in [5.74, 6) is 5.69. The second-order valence-corrected chi connectivity index (χ2v) is 4.93. The number of nitrogens with zero attached hydrogens (tertiary/aromatic N) is 4. The maximum atomic E-state index is 13.6. The van der Waals surface area contributed by atoms with E-state index in [1.165, 1.54) is 6.07 Å². The van der Waals surface area contributed by atoms with Crippen LogP contribution in [0.25, 0.3) is 0 Å². The van der Waals surface area contributed by atoms with Gasteiger partial charge in [-0.25, -0.2) is 4.39 Å². The zero-order valence-corrected chi connectivity index (χ0v) is 11.5. The molecule has 2 heterocycles. The van der Waals surface area contributed by atoms with Gasteiger partial charge in [0.1, 0.15) is 24.6 Å². The monoisotopic (exact) mass is 286 g/mol. The summed E-state index contributed by atoms with van der Waals surface area (Å²) in [7, 11) is 0. The molecule has 0 amide bonds. The molecule has 1 aromatic carbocycles. The van der Waals surface area contributed by atoms with Crippen molar-refractivity contribution in [2.75, 3.05) is 13.2 Å². The number of benzene rings is 1. The highest BCUT2D eigenvalue weighted by molar-refractivity contribution is 5.38. The average Bonchev–Trinajstić information content (AvgIpc) is 2.95. The second kappa shape index (κ2) is 6.04. The molecule has 5 nitrogen and oxygen atoms in total. The number of hydrogen-bond donors (Lipinski definition) is 1. The Balaban J connectivity index is 1.74. The number of aliphatic hydroxyl groups excluding tert-OH is 1. The van der Waals surface area contributed by atoms with Crippen LogP contribution in [-0.2, 0) is 19.6 Å². The quantitative estimate of drug-likeness (QED) is 0.829. The number of hydrogen-bond acceptors (Lipinski definition) is 4. The summed E-state index contributed by atoms with van der Waals surface area (Å²) >= 11 is 0. The minimum absolute atomic E-state index is 0.272. The van der Waals surface area contributed by atoms with Gasteiger partial charge in [0.2, 0.25) is 0 Å². The molecule has 0 unspecified atom stereocenters. The molecule has 0 radical (unpaired) electrons. The van der Waals surface area contributed by atoms with E-state index in [-0.39, 0.29) is 12.4 Å². The fraction of sp³-hybridized carbons (Fsp3) is 0.333. The van der Waals surface area contributed by atoms with Gasteiger partial charge in [0.15, 0.2) is 0 Å². The van der Waals surface area contributed by atoms with Crippen molar-refractivity contribution < 1.29 is 9.50 Å². The lowest BCUT2D eigenvalue weighted by atomic mass is 10.1. The molecule has 0 atom stereocenters. The van der Waals surface area contributed by atoms with Crippen molar-refractivity contribution in [3.05, 3.63) is 47.3 Å². The van der Waals surface area contributed by atoms with E-state index in [0.29, 0.717) is 12.1 Å². The molecule has 21 heavy (non-hydrogen) atoms. The standard InChI is InChI=1S/C15H15FN4O/c16-14-4-3-12(8-13(14)2-1-7-21)9-19-5-6-20-11-17-18-15(20)10-19/h3-4,8,11,21H,5-7,9-10H2. The van der Waals surface area contributed by atoms with Gasteiger partial charge in [-0.15, -0.1) is 10.2 Å². The van der Waals surface area contributed by atoms with Gasteiger partial charge < -0.3 is 9.67 Å². The highest BCUT2D eigenvalue weighted by Crippen LogP contribution is 2.15. The van der Waals surface area contributed by atoms with Crippen LogP contribution in [0.4, 0.5) is 4.39 Å². The zero-order chi connectivity index (χ0) is 14.7. The summed E-state index contributed by atoms with van der Waals surface area (Å²) in [5.41, 5.74) is 1.31. The third kappa shape index (κ3) is 3.10. The van der Waals surface area contributed by atoms with Gasteiger partial charge >= 0.3 is 0 Å². The van der Waals surface area contributed by atoms with Crippen LogP contribution in [0.2, 0.25) is 0 Å². The lowest BCUT2D eigenvalue weighted by Gasteiger charge is -2.26. The van der Waals surface area contributed by atoms with Crippen LogP contribution in [0.1, 0.15) is 17.0 Å². The SMILES string of the molecule is OCC#Cc1cc(CN2CCn3cnnc3C2)ccc1F. The highest BCUT2D eigenvalue weighted by Gasteiger charge is 2.17. The number of aliphatic hydroxyl groups is 1. The van der Waals surface area contributed by atoms with Crippen LogP contribution < -0.4 is 0 Å². The Labute approximate surface area is 122 Å². The maximum Gasteiger partial charge on any atom is 0.147 e. The van der Waals surface area contributed by atoms with E-state index in [2.05, 4.69) is 26.9 Å². The van der Waals surface area contributed by atoms with Crippen LogP contribution in [0.15, 0.2) is 24.5 Å². The summed E-state index contributed by atoms with van der Waals surface area (Å²) in [5, 5.41) is 16.7. The number of aromatic nitrogens is 3. The molecule has 0 saturated carbocycles. The molecule has 1 N–H and O–H groups in total. The Morgan fingerprint density at radius 3 is 3.10 bits per heavy atom. The fourth-order valence-electron chi connectivity index (χ4n) is 2.41. The summed E-state index contributed by atoms with van der Waals surface area (Å²) in [6.07, 6.45) is 1.74. The van der Waals surface area contributed by atoms with Crippen molar-refractivity contribution in [3.63, 3.8) is 0 Å². The van der Waals surface area contributed by atoms with Gasteiger partial charge in [0.05, 0.1) is 12.1 Å². The zero-order valence-electron chi connectivity index (χ0n) is 11.5. The molecule has 1 aliphatic heterocycles. The molecular formula is C15H15FN4O. The summed E-state index contributed by atoms with van der Waals surface area (Å²) in [4.78, 5) is 2.24. The lowest BCUT2D eigenvalue weighted by Crippen LogP contribution is -2.33. The molecule has 3 rings (SSSR count). The molecule has 0 fully saturated rings. The van der Waals surface area contributed by atoms with Gasteiger partial charge in [0.25, 0.3) is 0 Å². The van der Waals surface area contributed by atoms with Crippen molar-refractivity contribution >= 4 is 0 Å². The maximum absolute atomic E-state index is 13.6. The Hall–Kier alpha value is -2.23. The number of rotatable bonds is 2. The molecule has 1 aliphatic rings. The van der Waals surface area contributed by atoms with E-state index < -0.39 is 0 Å². The highest BCUT2D eigenvalue weighted by atomic mass is 19.1. The summed E-state index contributed by atoms with van der Waals surface area (Å²) in [6, 6.07) is 4.92. The van der Waals surface area contributed by atoms with Gasteiger partial charge in [0, 0.05) is 19.6 Å². The first-order valence-corrected chi connectivity index (χ1v) is 6.73. The smallest absolute Gasteiger partial charge is 0.147 e. The molecule has 6 heteroatoms. The predicted octanol–water partition coefficient (Wildman–Crippen LogP) is 0.777. The normalized spacial score (nSPS) is 14.4. The van der Waals surface area contributed by atoms with Crippen LogP contribution in [0, 0.1) is 17.7 Å². The van der Waals surface area contributed by atoms with Gasteiger partial charge in [-0.2, -0.15) is 0 Å². The van der Waals surface area contributed by atoms with E-state index in [1.807, 2.05) is 4.57 Å². The van der Waals surface area contributed by atoms with Gasteiger partial charge in [-0.1, -0.05) is 17.9 Å². The van der Waals surface area contributed by atoms with Crippen LogP contribution in [0.3, 0.4) is 0 Å². The minimum atomic E-state index is -0.363. The molecule has 2 aromatic rings. The molecular weight excluding hydrogens is 271 g/mol. The average molecular weight is 286 g/mol. The van der Waals surface area contributed by atoms with Gasteiger partial charge in [-0.3, -0.25) is 4.90 Å².